The molecule has 2 nitrogen and oxygen atoms in total. The average molecular weight is 240 g/mol. The molecule has 0 saturated carbocycles. The summed E-state index contributed by atoms with van der Waals surface area (Å²) < 4.78 is 5.88. The Bertz CT molecular complexity index is 550. The Kier molecular flexibility index (Phi) is 2.60. The predicted molar refractivity (Wildman–Crippen MR) is 70.6 cm³/mol. The van der Waals surface area contributed by atoms with Gasteiger partial charge < -0.3 is 9.84 Å². The van der Waals surface area contributed by atoms with Gasteiger partial charge in [0.1, 0.15) is 11.9 Å². The van der Waals surface area contributed by atoms with Gasteiger partial charge in [0.05, 0.1) is 0 Å². The van der Waals surface area contributed by atoms with Gasteiger partial charge in [0.2, 0.25) is 0 Å². The van der Waals surface area contributed by atoms with Crippen molar-refractivity contribution in [2.45, 2.75) is 25.0 Å². The van der Waals surface area contributed by atoms with E-state index < -0.39 is 5.60 Å². The highest BCUT2D eigenvalue weighted by molar-refractivity contribution is 5.49. The lowest BCUT2D eigenvalue weighted by molar-refractivity contribution is -0.00738. The number of para-hydroxylation sites is 1. The zero-order valence-corrected chi connectivity index (χ0v) is 10.3. The maximum absolute atomic E-state index is 11.1. The maximum atomic E-state index is 11.1. The van der Waals surface area contributed by atoms with Crippen LogP contribution in [0.2, 0.25) is 0 Å². The largest absolute Gasteiger partial charge is 0.486 e. The average Bonchev–Trinajstić information content (AvgIpc) is 2.74. The van der Waals surface area contributed by atoms with Gasteiger partial charge in [-0.3, -0.25) is 0 Å². The highest BCUT2D eigenvalue weighted by Gasteiger charge is 2.47. The zero-order chi connectivity index (χ0) is 12.6. The lowest BCUT2D eigenvalue weighted by atomic mass is 9.82. The molecule has 18 heavy (non-hydrogen) atoms. The third-order valence-electron chi connectivity index (χ3n) is 3.62. The molecule has 2 aromatic carbocycles. The third kappa shape index (κ3) is 1.46. The summed E-state index contributed by atoms with van der Waals surface area (Å²) in [6.45, 7) is 2.03. The van der Waals surface area contributed by atoms with Crippen LogP contribution < -0.4 is 4.74 Å². The second kappa shape index (κ2) is 4.14. The van der Waals surface area contributed by atoms with E-state index in [0.29, 0.717) is 0 Å². The number of aliphatic hydroxyl groups is 1. The molecule has 0 unspecified atom stereocenters. The molecule has 2 aromatic rings. The van der Waals surface area contributed by atoms with Crippen molar-refractivity contribution < 1.29 is 9.84 Å². The van der Waals surface area contributed by atoms with Gasteiger partial charge in [-0.15, -0.1) is 0 Å². The van der Waals surface area contributed by atoms with Crippen molar-refractivity contribution in [3.8, 4) is 5.75 Å². The quantitative estimate of drug-likeness (QED) is 0.874. The van der Waals surface area contributed by atoms with Crippen LogP contribution in [0.25, 0.3) is 0 Å². The number of ether oxygens (including phenoxy) is 1. The molecule has 0 bridgehead atoms. The molecule has 0 saturated heterocycles. The van der Waals surface area contributed by atoms with Gasteiger partial charge in [-0.1, -0.05) is 55.5 Å². The minimum Gasteiger partial charge on any atom is -0.486 e. The van der Waals surface area contributed by atoms with E-state index >= 15 is 0 Å². The predicted octanol–water partition coefficient (Wildman–Crippen LogP) is 3.09. The van der Waals surface area contributed by atoms with Crippen LogP contribution in [0.3, 0.4) is 0 Å². The molecule has 0 aromatic heterocycles. The van der Waals surface area contributed by atoms with Gasteiger partial charge in [-0.05, 0) is 18.1 Å². The summed E-state index contributed by atoms with van der Waals surface area (Å²) in [4.78, 5) is 0. The fourth-order valence-corrected chi connectivity index (χ4v) is 2.71. The number of benzene rings is 2. The van der Waals surface area contributed by atoms with Crippen molar-refractivity contribution in [1.82, 2.24) is 0 Å². The summed E-state index contributed by atoms with van der Waals surface area (Å²) in [6, 6.07) is 17.5. The van der Waals surface area contributed by atoms with Gasteiger partial charge in [-0.2, -0.15) is 0 Å². The molecule has 0 aliphatic carbocycles. The first-order valence-electron chi connectivity index (χ1n) is 6.31. The molecule has 1 aliphatic heterocycles. The minimum absolute atomic E-state index is 0.225. The molecule has 2 heteroatoms. The molecular weight excluding hydrogens is 224 g/mol. The van der Waals surface area contributed by atoms with Crippen LogP contribution in [0.4, 0.5) is 0 Å². The van der Waals surface area contributed by atoms with E-state index in [2.05, 4.69) is 0 Å². The summed E-state index contributed by atoms with van der Waals surface area (Å²) in [5.74, 6) is 0.788. The standard InChI is InChI=1S/C16H16O2/c1-2-15-16(17,12-8-4-3-5-9-12)13-10-6-7-11-14(13)18-15/h3-11,15,17H,2H2,1H3/t15-,16-/m0/s1. The van der Waals surface area contributed by atoms with E-state index in [-0.39, 0.29) is 6.10 Å². The van der Waals surface area contributed by atoms with Crippen LogP contribution in [0.1, 0.15) is 24.5 Å². The minimum atomic E-state index is -1.04. The number of hydrogen-bond donors (Lipinski definition) is 1. The highest BCUT2D eigenvalue weighted by Crippen LogP contribution is 2.46. The van der Waals surface area contributed by atoms with Gasteiger partial charge in [0, 0.05) is 5.56 Å². The molecule has 0 fully saturated rings. The molecular formula is C16H16O2. The van der Waals surface area contributed by atoms with Crippen LogP contribution in [0, 0.1) is 0 Å². The Hall–Kier alpha value is -1.80. The summed E-state index contributed by atoms with van der Waals surface area (Å²) in [5, 5.41) is 11.1. The van der Waals surface area contributed by atoms with E-state index in [9.17, 15) is 5.11 Å². The van der Waals surface area contributed by atoms with Crippen molar-refractivity contribution in [2.75, 3.05) is 0 Å². The van der Waals surface area contributed by atoms with Gasteiger partial charge in [0.15, 0.2) is 5.60 Å². The van der Waals surface area contributed by atoms with Gasteiger partial charge >= 0.3 is 0 Å². The third-order valence-corrected chi connectivity index (χ3v) is 3.62. The molecule has 1 aliphatic rings. The first kappa shape index (κ1) is 11.3. The molecule has 92 valence electrons. The van der Waals surface area contributed by atoms with Gasteiger partial charge in [-0.25, -0.2) is 0 Å². The van der Waals surface area contributed by atoms with E-state index in [1.807, 2.05) is 61.5 Å². The van der Waals surface area contributed by atoms with Crippen molar-refractivity contribution in [3.63, 3.8) is 0 Å². The van der Waals surface area contributed by atoms with Crippen LogP contribution in [-0.4, -0.2) is 11.2 Å². The second-order valence-electron chi connectivity index (χ2n) is 4.64. The highest BCUT2D eigenvalue weighted by atomic mass is 16.5. The lowest BCUT2D eigenvalue weighted by Crippen LogP contribution is -2.38. The fraction of sp³-hybridized carbons (Fsp3) is 0.250. The molecule has 2 atom stereocenters. The van der Waals surface area contributed by atoms with Crippen molar-refractivity contribution in [1.29, 1.82) is 0 Å². The lowest BCUT2D eigenvalue weighted by Gasteiger charge is -2.28. The molecule has 0 spiro atoms. The number of fused-ring (bicyclic) bond motifs is 1. The first-order valence-corrected chi connectivity index (χ1v) is 6.31. The Morgan fingerprint density at radius 3 is 2.44 bits per heavy atom. The van der Waals surface area contributed by atoms with Crippen LogP contribution in [0.15, 0.2) is 54.6 Å². The molecule has 3 rings (SSSR count). The normalized spacial score (nSPS) is 25.6. The zero-order valence-electron chi connectivity index (χ0n) is 10.3. The summed E-state index contributed by atoms with van der Waals surface area (Å²) in [7, 11) is 0. The van der Waals surface area contributed by atoms with Crippen LogP contribution in [-0.2, 0) is 5.60 Å². The summed E-state index contributed by atoms with van der Waals surface area (Å²) >= 11 is 0. The monoisotopic (exact) mass is 240 g/mol. The molecule has 0 amide bonds. The molecule has 1 heterocycles. The second-order valence-corrected chi connectivity index (χ2v) is 4.64. The topological polar surface area (TPSA) is 29.5 Å². The summed E-state index contributed by atoms with van der Waals surface area (Å²) in [6.07, 6.45) is 0.539. The number of hydrogen-bond acceptors (Lipinski definition) is 2. The van der Waals surface area contributed by atoms with Crippen molar-refractivity contribution >= 4 is 0 Å². The van der Waals surface area contributed by atoms with Crippen molar-refractivity contribution in [2.24, 2.45) is 0 Å². The molecule has 1 N–H and O–H groups in total. The summed E-state index contributed by atoms with van der Waals surface area (Å²) in [5.41, 5.74) is 0.719. The van der Waals surface area contributed by atoms with E-state index in [4.69, 9.17) is 4.74 Å². The Labute approximate surface area is 107 Å². The van der Waals surface area contributed by atoms with E-state index in [1.165, 1.54) is 0 Å². The van der Waals surface area contributed by atoms with Crippen molar-refractivity contribution in [3.05, 3.63) is 65.7 Å². The smallest absolute Gasteiger partial charge is 0.155 e. The van der Waals surface area contributed by atoms with E-state index in [1.54, 1.807) is 0 Å². The first-order chi connectivity index (χ1) is 8.76. The number of rotatable bonds is 2. The van der Waals surface area contributed by atoms with Crippen LogP contribution >= 0.6 is 0 Å². The SMILES string of the molecule is CC[C@@H]1Oc2ccccc2[C@@]1(O)c1ccccc1. The van der Waals surface area contributed by atoms with Crippen LogP contribution in [0.5, 0.6) is 5.75 Å². The van der Waals surface area contributed by atoms with Gasteiger partial charge in [0.25, 0.3) is 0 Å². The Balaban J connectivity index is 2.19. The Morgan fingerprint density at radius 1 is 1.06 bits per heavy atom. The molecule has 0 radical (unpaired) electrons. The maximum Gasteiger partial charge on any atom is 0.155 e. The fourth-order valence-electron chi connectivity index (χ4n) is 2.71. The van der Waals surface area contributed by atoms with E-state index in [0.717, 1.165) is 23.3 Å². The Morgan fingerprint density at radius 2 is 1.72 bits per heavy atom.